The molecular formula is C31H32N6O2. The second-order valence-electron chi connectivity index (χ2n) is 10.2. The molecule has 39 heavy (non-hydrogen) atoms. The van der Waals surface area contributed by atoms with Crippen molar-refractivity contribution in [2.45, 2.75) is 44.8 Å². The van der Waals surface area contributed by atoms with Crippen LogP contribution in [0.5, 0.6) is 0 Å². The van der Waals surface area contributed by atoms with Gasteiger partial charge in [-0.25, -0.2) is 0 Å². The number of aromatic nitrogens is 4. The largest absolute Gasteiger partial charge is 0.353 e. The highest BCUT2D eigenvalue weighted by atomic mass is 16.1. The lowest BCUT2D eigenvalue weighted by atomic mass is 10.0. The second kappa shape index (κ2) is 11.2. The Morgan fingerprint density at radius 2 is 1.46 bits per heavy atom. The van der Waals surface area contributed by atoms with Gasteiger partial charge in [0, 0.05) is 38.5 Å². The third-order valence-electron chi connectivity index (χ3n) is 7.54. The minimum absolute atomic E-state index is 0.0233. The molecule has 0 aliphatic carbocycles. The summed E-state index contributed by atoms with van der Waals surface area (Å²) in [5, 5.41) is 12.7. The lowest BCUT2D eigenvalue weighted by molar-refractivity contribution is -0.122. The zero-order chi connectivity index (χ0) is 26.6. The lowest BCUT2D eigenvalue weighted by Crippen LogP contribution is -2.44. The van der Waals surface area contributed by atoms with Gasteiger partial charge in [0.05, 0.1) is 17.4 Å². The standard InChI is InChI=1S/C31H32N6O2/c38-29(32-25-17-19-35(20-18-25)21-23-9-3-1-4-10-23)16-15-28-33-34-31-36(22-24-11-5-2-6-12-24)30(39)26-13-7-8-14-27(26)37(28)31/h1-14,25H,15-22H2,(H,32,38). The number of amides is 1. The number of aryl methyl sites for hydroxylation is 1. The van der Waals surface area contributed by atoms with E-state index in [0.717, 1.165) is 43.6 Å². The van der Waals surface area contributed by atoms with Gasteiger partial charge in [-0.05, 0) is 36.1 Å². The number of benzene rings is 3. The predicted octanol–water partition coefficient (Wildman–Crippen LogP) is 3.81. The summed E-state index contributed by atoms with van der Waals surface area (Å²) >= 11 is 0. The van der Waals surface area contributed by atoms with Crippen LogP contribution >= 0.6 is 0 Å². The van der Waals surface area contributed by atoms with Crippen molar-refractivity contribution in [2.24, 2.45) is 0 Å². The SMILES string of the molecule is O=C(CCc1nnc2n(Cc3ccccc3)c(=O)c3ccccc3n12)NC1CCN(Cc2ccccc2)CC1. The van der Waals surface area contributed by atoms with Crippen LogP contribution in [0.25, 0.3) is 16.7 Å². The highest BCUT2D eigenvalue weighted by Crippen LogP contribution is 2.18. The summed E-state index contributed by atoms with van der Waals surface area (Å²) in [5.74, 6) is 1.19. The molecule has 2 aromatic heterocycles. The van der Waals surface area contributed by atoms with Gasteiger partial charge in [-0.2, -0.15) is 0 Å². The number of likely N-dealkylation sites (tertiary alicyclic amines) is 1. The average Bonchev–Trinajstić information content (AvgIpc) is 3.40. The fraction of sp³-hybridized carbons (Fsp3) is 0.290. The number of nitrogens with zero attached hydrogens (tertiary/aromatic N) is 5. The monoisotopic (exact) mass is 520 g/mol. The smallest absolute Gasteiger partial charge is 0.263 e. The first-order chi connectivity index (χ1) is 19.2. The number of hydrogen-bond acceptors (Lipinski definition) is 5. The molecule has 1 aliphatic heterocycles. The number of nitrogens with one attached hydrogen (secondary N) is 1. The van der Waals surface area contributed by atoms with Gasteiger partial charge in [-0.15, -0.1) is 10.2 Å². The van der Waals surface area contributed by atoms with Gasteiger partial charge in [0.1, 0.15) is 5.82 Å². The van der Waals surface area contributed by atoms with Crippen molar-refractivity contribution in [3.63, 3.8) is 0 Å². The van der Waals surface area contributed by atoms with Crippen molar-refractivity contribution in [3.05, 3.63) is 112 Å². The van der Waals surface area contributed by atoms with Gasteiger partial charge < -0.3 is 5.32 Å². The van der Waals surface area contributed by atoms with Crippen LogP contribution in [0.15, 0.2) is 89.7 Å². The highest BCUT2D eigenvalue weighted by molar-refractivity contribution is 5.80. The van der Waals surface area contributed by atoms with E-state index >= 15 is 0 Å². The third-order valence-corrected chi connectivity index (χ3v) is 7.54. The van der Waals surface area contributed by atoms with Crippen LogP contribution in [0.1, 0.15) is 36.2 Å². The van der Waals surface area contributed by atoms with E-state index in [4.69, 9.17) is 0 Å². The Balaban J connectivity index is 1.14. The molecule has 0 unspecified atom stereocenters. The molecule has 0 saturated carbocycles. The van der Waals surface area contributed by atoms with Crippen molar-refractivity contribution in [3.8, 4) is 0 Å². The van der Waals surface area contributed by atoms with E-state index in [1.807, 2.05) is 65.1 Å². The topological polar surface area (TPSA) is 84.5 Å². The van der Waals surface area contributed by atoms with Crippen LogP contribution in [-0.2, 0) is 24.3 Å². The van der Waals surface area contributed by atoms with Crippen LogP contribution in [0.4, 0.5) is 0 Å². The molecule has 1 saturated heterocycles. The molecule has 1 N–H and O–H groups in total. The fourth-order valence-electron chi connectivity index (χ4n) is 5.49. The number of carbonyl (C=O) groups is 1. The van der Waals surface area contributed by atoms with Crippen LogP contribution in [-0.4, -0.2) is 49.1 Å². The molecule has 3 heterocycles. The first-order valence-corrected chi connectivity index (χ1v) is 13.6. The summed E-state index contributed by atoms with van der Waals surface area (Å²) in [7, 11) is 0. The van der Waals surface area contributed by atoms with E-state index in [1.54, 1.807) is 4.57 Å². The maximum Gasteiger partial charge on any atom is 0.263 e. The van der Waals surface area contributed by atoms with Crippen LogP contribution in [0.3, 0.4) is 0 Å². The maximum absolute atomic E-state index is 13.4. The zero-order valence-corrected chi connectivity index (χ0v) is 21.9. The van der Waals surface area contributed by atoms with Gasteiger partial charge >= 0.3 is 0 Å². The molecule has 6 rings (SSSR count). The van der Waals surface area contributed by atoms with Gasteiger partial charge in [-0.1, -0.05) is 72.8 Å². The molecule has 8 heteroatoms. The number of piperidine rings is 1. The molecule has 1 fully saturated rings. The molecule has 0 bridgehead atoms. The Kier molecular flexibility index (Phi) is 7.19. The van der Waals surface area contributed by atoms with E-state index in [-0.39, 0.29) is 17.5 Å². The van der Waals surface area contributed by atoms with Crippen molar-refractivity contribution in [2.75, 3.05) is 13.1 Å². The Morgan fingerprint density at radius 3 is 2.18 bits per heavy atom. The molecule has 0 atom stereocenters. The second-order valence-corrected chi connectivity index (χ2v) is 10.2. The predicted molar refractivity (Wildman–Crippen MR) is 152 cm³/mol. The number of para-hydroxylation sites is 1. The minimum Gasteiger partial charge on any atom is -0.353 e. The quantitative estimate of drug-likeness (QED) is 0.336. The molecule has 198 valence electrons. The van der Waals surface area contributed by atoms with E-state index in [2.05, 4.69) is 44.7 Å². The zero-order valence-electron chi connectivity index (χ0n) is 21.9. The van der Waals surface area contributed by atoms with Crippen LogP contribution < -0.4 is 10.9 Å². The van der Waals surface area contributed by atoms with Gasteiger partial charge in [0.15, 0.2) is 0 Å². The van der Waals surface area contributed by atoms with Crippen LogP contribution in [0, 0.1) is 0 Å². The normalized spacial score (nSPS) is 14.7. The van der Waals surface area contributed by atoms with Gasteiger partial charge in [-0.3, -0.25) is 23.5 Å². The molecule has 8 nitrogen and oxygen atoms in total. The van der Waals surface area contributed by atoms with Gasteiger partial charge in [0.2, 0.25) is 11.7 Å². The van der Waals surface area contributed by atoms with Crippen molar-refractivity contribution < 1.29 is 4.79 Å². The summed E-state index contributed by atoms with van der Waals surface area (Å²) in [4.78, 5) is 28.7. The molecule has 0 spiro atoms. The molecule has 5 aromatic rings. The molecular weight excluding hydrogens is 488 g/mol. The Bertz CT molecular complexity index is 1640. The summed E-state index contributed by atoms with van der Waals surface area (Å²) in [5.41, 5.74) is 2.99. The summed E-state index contributed by atoms with van der Waals surface area (Å²) in [6.07, 6.45) is 2.65. The number of hydrogen-bond donors (Lipinski definition) is 1. The van der Waals surface area contributed by atoms with Crippen molar-refractivity contribution in [1.82, 2.24) is 29.4 Å². The van der Waals surface area contributed by atoms with Crippen molar-refractivity contribution in [1.29, 1.82) is 0 Å². The van der Waals surface area contributed by atoms with Crippen molar-refractivity contribution >= 4 is 22.6 Å². The average molecular weight is 521 g/mol. The molecule has 1 amide bonds. The number of rotatable bonds is 8. The van der Waals surface area contributed by atoms with E-state index in [0.29, 0.717) is 36.4 Å². The lowest BCUT2D eigenvalue weighted by Gasteiger charge is -2.32. The maximum atomic E-state index is 13.4. The minimum atomic E-state index is -0.0998. The molecule has 0 radical (unpaired) electrons. The number of fused-ring (bicyclic) bond motifs is 3. The van der Waals surface area contributed by atoms with Crippen LogP contribution in [0.2, 0.25) is 0 Å². The first kappa shape index (κ1) is 25.0. The molecule has 1 aliphatic rings. The fourth-order valence-corrected chi connectivity index (χ4v) is 5.49. The Hall–Kier alpha value is -4.30. The summed E-state index contributed by atoms with van der Waals surface area (Å²) < 4.78 is 3.59. The Morgan fingerprint density at radius 1 is 0.821 bits per heavy atom. The highest BCUT2D eigenvalue weighted by Gasteiger charge is 2.22. The first-order valence-electron chi connectivity index (χ1n) is 13.6. The number of carbonyl (C=O) groups excluding carboxylic acids is 1. The Labute approximate surface area is 226 Å². The summed E-state index contributed by atoms with van der Waals surface area (Å²) in [6, 6.07) is 28.1. The van der Waals surface area contributed by atoms with E-state index < -0.39 is 0 Å². The third kappa shape index (κ3) is 5.47. The molecule has 3 aromatic carbocycles. The van der Waals surface area contributed by atoms with E-state index in [1.165, 1.54) is 5.56 Å². The van der Waals surface area contributed by atoms with E-state index in [9.17, 15) is 9.59 Å². The summed E-state index contributed by atoms with van der Waals surface area (Å²) in [6.45, 7) is 3.29. The van der Waals surface area contributed by atoms with Gasteiger partial charge in [0.25, 0.3) is 5.56 Å².